The van der Waals surface area contributed by atoms with Crippen molar-refractivity contribution < 1.29 is 0 Å². The van der Waals surface area contributed by atoms with Gasteiger partial charge in [0.05, 0.1) is 0 Å². The molecule has 1 unspecified atom stereocenters. The predicted octanol–water partition coefficient (Wildman–Crippen LogP) is 2.80. The van der Waals surface area contributed by atoms with Gasteiger partial charge in [0.1, 0.15) is 11.6 Å². The number of likely N-dealkylation sites (N-methyl/N-ethyl adjacent to an activating group) is 1. The topological polar surface area (TPSA) is 42.7 Å². The van der Waals surface area contributed by atoms with Gasteiger partial charge in [-0.1, -0.05) is 33.1 Å². The second-order valence-electron chi connectivity index (χ2n) is 5.48. The molecule has 0 amide bonds. The zero-order valence-corrected chi connectivity index (χ0v) is 11.9. The maximum Gasteiger partial charge on any atom is 0.137 e. The minimum absolute atomic E-state index is 0.438. The van der Waals surface area contributed by atoms with Crippen molar-refractivity contribution in [3.05, 3.63) is 11.6 Å². The minimum Gasteiger partial charge on any atom is -0.316 e. The first-order valence-corrected chi connectivity index (χ1v) is 7.36. The summed E-state index contributed by atoms with van der Waals surface area (Å²) in [4.78, 5) is 0. The van der Waals surface area contributed by atoms with Crippen LogP contribution in [0.4, 0.5) is 0 Å². The van der Waals surface area contributed by atoms with E-state index >= 15 is 0 Å². The van der Waals surface area contributed by atoms with Crippen molar-refractivity contribution in [3.63, 3.8) is 0 Å². The molecule has 102 valence electrons. The van der Waals surface area contributed by atoms with Crippen molar-refractivity contribution in [3.8, 4) is 0 Å². The zero-order chi connectivity index (χ0) is 13.0. The molecule has 1 N–H and O–H groups in total. The SMILES string of the molecule is CCNCC(C)c1nnc(C)n1C1CCCCC1. The Kier molecular flexibility index (Phi) is 4.75. The highest BCUT2D eigenvalue weighted by Crippen LogP contribution is 2.31. The highest BCUT2D eigenvalue weighted by Gasteiger charge is 2.23. The summed E-state index contributed by atoms with van der Waals surface area (Å²) in [6, 6.07) is 0.632. The monoisotopic (exact) mass is 250 g/mol. The summed E-state index contributed by atoms with van der Waals surface area (Å²) in [5.41, 5.74) is 0. The number of aromatic nitrogens is 3. The Balaban J connectivity index is 2.15. The molecule has 1 aromatic rings. The smallest absolute Gasteiger partial charge is 0.137 e. The fourth-order valence-corrected chi connectivity index (χ4v) is 2.96. The van der Waals surface area contributed by atoms with Crippen molar-refractivity contribution in [1.82, 2.24) is 20.1 Å². The van der Waals surface area contributed by atoms with Crippen molar-refractivity contribution >= 4 is 0 Å². The minimum atomic E-state index is 0.438. The second-order valence-corrected chi connectivity index (χ2v) is 5.48. The van der Waals surface area contributed by atoms with Crippen LogP contribution in [-0.2, 0) is 0 Å². The molecule has 1 fully saturated rings. The van der Waals surface area contributed by atoms with Gasteiger partial charge in [-0.05, 0) is 26.3 Å². The van der Waals surface area contributed by atoms with Crippen LogP contribution in [0.15, 0.2) is 0 Å². The van der Waals surface area contributed by atoms with Gasteiger partial charge in [0.15, 0.2) is 0 Å². The summed E-state index contributed by atoms with van der Waals surface area (Å²) in [7, 11) is 0. The Morgan fingerprint density at radius 2 is 2.00 bits per heavy atom. The van der Waals surface area contributed by atoms with E-state index in [0.717, 1.165) is 18.9 Å². The molecule has 18 heavy (non-hydrogen) atoms. The van der Waals surface area contributed by atoms with E-state index in [1.54, 1.807) is 0 Å². The third kappa shape index (κ3) is 2.91. The fraction of sp³-hybridized carbons (Fsp3) is 0.857. The summed E-state index contributed by atoms with van der Waals surface area (Å²) >= 11 is 0. The molecule has 2 rings (SSSR count). The Labute approximate surface area is 110 Å². The molecule has 0 radical (unpaired) electrons. The van der Waals surface area contributed by atoms with E-state index in [1.165, 1.54) is 37.9 Å². The number of hydrogen-bond donors (Lipinski definition) is 1. The molecule has 1 atom stereocenters. The average molecular weight is 250 g/mol. The van der Waals surface area contributed by atoms with Gasteiger partial charge in [-0.15, -0.1) is 10.2 Å². The van der Waals surface area contributed by atoms with Crippen molar-refractivity contribution in [2.45, 2.75) is 64.8 Å². The first kappa shape index (κ1) is 13.5. The van der Waals surface area contributed by atoms with Crippen LogP contribution >= 0.6 is 0 Å². The maximum absolute atomic E-state index is 4.42. The van der Waals surface area contributed by atoms with E-state index < -0.39 is 0 Å². The molecule has 1 aliphatic carbocycles. The first-order valence-electron chi connectivity index (χ1n) is 7.36. The lowest BCUT2D eigenvalue weighted by Gasteiger charge is -2.26. The largest absolute Gasteiger partial charge is 0.316 e. The Hall–Kier alpha value is -0.900. The van der Waals surface area contributed by atoms with E-state index in [4.69, 9.17) is 0 Å². The summed E-state index contributed by atoms with van der Waals surface area (Å²) in [6.07, 6.45) is 6.67. The van der Waals surface area contributed by atoms with Gasteiger partial charge in [-0.2, -0.15) is 0 Å². The van der Waals surface area contributed by atoms with Crippen LogP contribution < -0.4 is 5.32 Å². The molecule has 0 bridgehead atoms. The summed E-state index contributed by atoms with van der Waals surface area (Å²) < 4.78 is 2.40. The van der Waals surface area contributed by atoms with E-state index in [-0.39, 0.29) is 0 Å². The molecule has 4 nitrogen and oxygen atoms in total. The molecule has 0 saturated heterocycles. The van der Waals surface area contributed by atoms with Crippen molar-refractivity contribution in [2.24, 2.45) is 0 Å². The van der Waals surface area contributed by atoms with Gasteiger partial charge in [0.25, 0.3) is 0 Å². The van der Waals surface area contributed by atoms with Gasteiger partial charge in [-0.25, -0.2) is 0 Å². The van der Waals surface area contributed by atoms with Crippen molar-refractivity contribution in [2.75, 3.05) is 13.1 Å². The Morgan fingerprint density at radius 1 is 1.28 bits per heavy atom. The predicted molar refractivity (Wildman–Crippen MR) is 73.8 cm³/mol. The van der Waals surface area contributed by atoms with E-state index in [1.807, 2.05) is 0 Å². The third-order valence-corrected chi connectivity index (χ3v) is 3.97. The highest BCUT2D eigenvalue weighted by atomic mass is 15.3. The molecule has 1 heterocycles. The van der Waals surface area contributed by atoms with Crippen LogP contribution in [0, 0.1) is 6.92 Å². The number of nitrogens with zero attached hydrogens (tertiary/aromatic N) is 3. The molecular weight excluding hydrogens is 224 g/mol. The normalized spacial score (nSPS) is 19.1. The summed E-state index contributed by atoms with van der Waals surface area (Å²) in [5.74, 6) is 2.69. The fourth-order valence-electron chi connectivity index (χ4n) is 2.96. The van der Waals surface area contributed by atoms with E-state index in [9.17, 15) is 0 Å². The summed E-state index contributed by atoms with van der Waals surface area (Å²) in [5, 5.41) is 12.1. The lowest BCUT2D eigenvalue weighted by atomic mass is 9.94. The maximum atomic E-state index is 4.42. The van der Waals surface area contributed by atoms with Crippen LogP contribution in [0.25, 0.3) is 0 Å². The molecule has 0 aliphatic heterocycles. The zero-order valence-electron chi connectivity index (χ0n) is 11.9. The lowest BCUT2D eigenvalue weighted by molar-refractivity contribution is 0.336. The quantitative estimate of drug-likeness (QED) is 0.874. The van der Waals surface area contributed by atoms with Gasteiger partial charge < -0.3 is 9.88 Å². The average Bonchev–Trinajstić information content (AvgIpc) is 2.79. The highest BCUT2D eigenvalue weighted by molar-refractivity contribution is 5.03. The molecule has 4 heteroatoms. The van der Waals surface area contributed by atoms with E-state index in [0.29, 0.717) is 12.0 Å². The lowest BCUT2D eigenvalue weighted by Crippen LogP contribution is -2.24. The van der Waals surface area contributed by atoms with E-state index in [2.05, 4.69) is 40.9 Å². The van der Waals surface area contributed by atoms with Crippen molar-refractivity contribution in [1.29, 1.82) is 0 Å². The Bertz CT molecular complexity index is 366. The molecule has 1 saturated carbocycles. The standard InChI is InChI=1S/C14H26N4/c1-4-15-10-11(2)14-17-16-12(3)18(14)13-8-6-5-7-9-13/h11,13,15H,4-10H2,1-3H3. The van der Waals surface area contributed by atoms with Gasteiger partial charge in [-0.3, -0.25) is 0 Å². The number of hydrogen-bond acceptors (Lipinski definition) is 3. The Morgan fingerprint density at radius 3 is 2.67 bits per heavy atom. The first-order chi connectivity index (χ1) is 8.74. The van der Waals surface area contributed by atoms with Gasteiger partial charge in [0.2, 0.25) is 0 Å². The third-order valence-electron chi connectivity index (χ3n) is 3.97. The molecule has 0 aromatic carbocycles. The second kappa shape index (κ2) is 6.32. The number of rotatable bonds is 5. The molecule has 0 spiro atoms. The molecule has 1 aliphatic rings. The van der Waals surface area contributed by atoms with Crippen LogP contribution in [0.5, 0.6) is 0 Å². The van der Waals surface area contributed by atoms with Crippen LogP contribution in [-0.4, -0.2) is 27.9 Å². The molecule has 1 aromatic heterocycles. The van der Waals surface area contributed by atoms with Gasteiger partial charge >= 0.3 is 0 Å². The molecular formula is C14H26N4. The van der Waals surface area contributed by atoms with Crippen LogP contribution in [0.1, 0.15) is 69.6 Å². The van der Waals surface area contributed by atoms with Gasteiger partial charge in [0, 0.05) is 18.5 Å². The summed E-state index contributed by atoms with van der Waals surface area (Å²) in [6.45, 7) is 8.47. The number of aryl methyl sites for hydroxylation is 1. The number of nitrogens with one attached hydrogen (secondary N) is 1. The van der Waals surface area contributed by atoms with Crippen LogP contribution in [0.3, 0.4) is 0 Å². The van der Waals surface area contributed by atoms with Crippen LogP contribution in [0.2, 0.25) is 0 Å².